The first-order valence-electron chi connectivity index (χ1n) is 7.52. The van der Waals surface area contributed by atoms with Crippen LogP contribution in [-0.4, -0.2) is 36.3 Å². The molecule has 0 saturated carbocycles. The maximum absolute atomic E-state index is 11.8. The van der Waals surface area contributed by atoms with Gasteiger partial charge in [0.2, 0.25) is 11.7 Å². The van der Waals surface area contributed by atoms with E-state index < -0.39 is 0 Å². The molecule has 0 saturated heterocycles. The van der Waals surface area contributed by atoms with Crippen molar-refractivity contribution in [2.75, 3.05) is 0 Å². The molecule has 0 amide bonds. The number of tetrazole rings is 1. The summed E-state index contributed by atoms with van der Waals surface area (Å²) < 4.78 is 11.9. The van der Waals surface area contributed by atoms with Gasteiger partial charge in [0.1, 0.15) is 0 Å². The van der Waals surface area contributed by atoms with Crippen LogP contribution in [-0.2, 0) is 29.1 Å². The summed E-state index contributed by atoms with van der Waals surface area (Å²) >= 11 is 1.56. The van der Waals surface area contributed by atoms with E-state index >= 15 is 0 Å². The Kier molecular flexibility index (Phi) is 5.26. The number of aromatic nitrogens is 6. The highest BCUT2D eigenvalue weighted by atomic mass is 32.1. The number of carbonyl (C=O) groups excluding carboxylic acids is 1. The van der Waals surface area contributed by atoms with Crippen LogP contribution in [0.4, 0.5) is 0 Å². The topological polar surface area (TPSA) is 109 Å². The fourth-order valence-corrected chi connectivity index (χ4v) is 2.64. The summed E-state index contributed by atoms with van der Waals surface area (Å²) in [6.07, 6.45) is 1.38. The van der Waals surface area contributed by atoms with Crippen LogP contribution < -0.4 is 0 Å². The molecule has 10 heteroatoms. The van der Waals surface area contributed by atoms with E-state index in [4.69, 9.17) is 9.26 Å². The molecule has 3 heterocycles. The van der Waals surface area contributed by atoms with E-state index in [0.717, 1.165) is 12.0 Å². The molecule has 0 aliphatic rings. The molecule has 0 fully saturated rings. The summed E-state index contributed by atoms with van der Waals surface area (Å²) in [5.41, 5.74) is 0.903. The number of ether oxygens (including phenoxy) is 1. The van der Waals surface area contributed by atoms with Crippen LogP contribution in [0.5, 0.6) is 0 Å². The van der Waals surface area contributed by atoms with Gasteiger partial charge in [-0.25, -0.2) is 4.68 Å². The molecule has 0 radical (unpaired) electrons. The largest absolute Gasteiger partial charge is 0.457 e. The Morgan fingerprint density at radius 2 is 2.38 bits per heavy atom. The maximum Gasteiger partial charge on any atom is 0.306 e. The minimum Gasteiger partial charge on any atom is -0.457 e. The van der Waals surface area contributed by atoms with E-state index in [1.54, 1.807) is 16.0 Å². The second-order valence-electron chi connectivity index (χ2n) is 5.00. The average Bonchev–Trinajstić information content (AvgIpc) is 3.32. The molecule has 0 unspecified atom stereocenters. The van der Waals surface area contributed by atoms with Crippen LogP contribution in [0.2, 0.25) is 0 Å². The highest BCUT2D eigenvalue weighted by Crippen LogP contribution is 2.19. The molecule has 3 aromatic rings. The third kappa shape index (κ3) is 4.02. The summed E-state index contributed by atoms with van der Waals surface area (Å²) in [6, 6.07) is 1.91. The van der Waals surface area contributed by atoms with Gasteiger partial charge in [-0.1, -0.05) is 12.1 Å². The van der Waals surface area contributed by atoms with Gasteiger partial charge in [-0.05, 0) is 28.3 Å². The van der Waals surface area contributed by atoms with Crippen LogP contribution in [0.15, 0.2) is 21.3 Å². The Hall–Kier alpha value is -2.62. The Morgan fingerprint density at radius 1 is 1.46 bits per heavy atom. The Bertz CT molecular complexity index is 782. The van der Waals surface area contributed by atoms with Gasteiger partial charge in [-0.3, -0.25) is 4.79 Å². The molecular weight excluding hydrogens is 332 g/mol. The van der Waals surface area contributed by atoms with Crippen molar-refractivity contribution in [3.8, 4) is 11.4 Å². The molecule has 9 nitrogen and oxygen atoms in total. The zero-order valence-corrected chi connectivity index (χ0v) is 13.9. The maximum atomic E-state index is 11.8. The lowest BCUT2D eigenvalue weighted by Gasteiger charge is -2.04. The number of esters is 1. The summed E-state index contributed by atoms with van der Waals surface area (Å²) in [4.78, 5) is 16.1. The lowest BCUT2D eigenvalue weighted by molar-refractivity contribution is -0.145. The van der Waals surface area contributed by atoms with Crippen molar-refractivity contribution < 1.29 is 14.1 Å². The van der Waals surface area contributed by atoms with Crippen molar-refractivity contribution in [1.82, 2.24) is 30.3 Å². The quantitative estimate of drug-likeness (QED) is 0.568. The van der Waals surface area contributed by atoms with E-state index in [9.17, 15) is 4.79 Å². The monoisotopic (exact) mass is 348 g/mol. The number of hydrogen-bond acceptors (Lipinski definition) is 9. The molecule has 0 N–H and O–H groups in total. The van der Waals surface area contributed by atoms with Gasteiger partial charge in [0.25, 0.3) is 0 Å². The third-order valence-electron chi connectivity index (χ3n) is 3.19. The van der Waals surface area contributed by atoms with Crippen LogP contribution in [0.25, 0.3) is 11.4 Å². The minimum absolute atomic E-state index is 0.0514. The summed E-state index contributed by atoms with van der Waals surface area (Å²) in [5, 5.41) is 19.0. The highest BCUT2D eigenvalue weighted by molar-refractivity contribution is 7.08. The van der Waals surface area contributed by atoms with Gasteiger partial charge in [0, 0.05) is 23.9 Å². The smallest absolute Gasteiger partial charge is 0.306 e. The number of thiophene rings is 1. The predicted octanol–water partition coefficient (Wildman–Crippen LogP) is 1.87. The molecule has 0 aliphatic carbocycles. The van der Waals surface area contributed by atoms with Crippen molar-refractivity contribution in [1.29, 1.82) is 0 Å². The zero-order valence-electron chi connectivity index (χ0n) is 13.1. The van der Waals surface area contributed by atoms with Gasteiger partial charge >= 0.3 is 5.97 Å². The van der Waals surface area contributed by atoms with Crippen LogP contribution in [0.1, 0.15) is 31.5 Å². The molecule has 0 aliphatic heterocycles. The summed E-state index contributed by atoms with van der Waals surface area (Å²) in [6.45, 7) is 2.76. The molecule has 0 spiro atoms. The van der Waals surface area contributed by atoms with E-state index in [0.29, 0.717) is 30.5 Å². The lowest BCUT2D eigenvalue weighted by Crippen LogP contribution is -2.11. The van der Waals surface area contributed by atoms with Crippen molar-refractivity contribution >= 4 is 17.3 Å². The van der Waals surface area contributed by atoms with Crippen LogP contribution in [0, 0.1) is 0 Å². The zero-order chi connectivity index (χ0) is 16.8. The highest BCUT2D eigenvalue weighted by Gasteiger charge is 2.13. The second kappa shape index (κ2) is 7.77. The molecule has 0 bridgehead atoms. The molecule has 126 valence electrons. The molecule has 24 heavy (non-hydrogen) atoms. The van der Waals surface area contributed by atoms with Gasteiger partial charge in [-0.2, -0.15) is 16.3 Å². The Morgan fingerprint density at radius 3 is 3.17 bits per heavy atom. The number of hydrogen-bond donors (Lipinski definition) is 0. The molecule has 3 aromatic heterocycles. The van der Waals surface area contributed by atoms with Gasteiger partial charge < -0.3 is 9.26 Å². The van der Waals surface area contributed by atoms with Gasteiger partial charge in [-0.15, -0.1) is 5.10 Å². The van der Waals surface area contributed by atoms with Crippen molar-refractivity contribution in [3.63, 3.8) is 0 Å². The van der Waals surface area contributed by atoms with E-state index in [1.165, 1.54) is 0 Å². The number of nitrogens with zero attached hydrogens (tertiary/aromatic N) is 6. The number of carbonyl (C=O) groups is 1. The first-order valence-corrected chi connectivity index (χ1v) is 8.46. The molecular formula is C14H16N6O3S. The normalized spacial score (nSPS) is 10.9. The minimum atomic E-state index is -0.365. The summed E-state index contributed by atoms with van der Waals surface area (Å²) in [5.74, 6) is 1.10. The van der Waals surface area contributed by atoms with Crippen molar-refractivity contribution in [2.24, 2.45) is 0 Å². The van der Waals surface area contributed by atoms with Crippen LogP contribution in [0.3, 0.4) is 0 Å². The van der Waals surface area contributed by atoms with E-state index in [1.807, 2.05) is 23.8 Å². The standard InChI is InChI=1S/C14H16N6O3S/c1-2-6-20-11(16-18-19-20)8-22-13(21)4-3-12-15-14(17-23-12)10-5-7-24-9-10/h5,7,9H,2-4,6,8H2,1H3. The fraction of sp³-hybridized carbons (Fsp3) is 0.429. The summed E-state index contributed by atoms with van der Waals surface area (Å²) in [7, 11) is 0. The fourth-order valence-electron chi connectivity index (χ4n) is 2.00. The SMILES string of the molecule is CCCn1nnnc1COC(=O)CCc1nc(-c2ccsc2)no1. The van der Waals surface area contributed by atoms with Crippen molar-refractivity contribution in [3.05, 3.63) is 28.5 Å². The van der Waals surface area contributed by atoms with Crippen LogP contribution >= 0.6 is 11.3 Å². The molecule has 0 aromatic carbocycles. The Balaban J connectivity index is 1.46. The molecule has 0 atom stereocenters. The van der Waals surface area contributed by atoms with Gasteiger partial charge in [0.15, 0.2) is 12.4 Å². The van der Waals surface area contributed by atoms with E-state index in [-0.39, 0.29) is 19.0 Å². The third-order valence-corrected chi connectivity index (χ3v) is 3.88. The second-order valence-corrected chi connectivity index (χ2v) is 5.78. The van der Waals surface area contributed by atoms with E-state index in [2.05, 4.69) is 25.7 Å². The first-order chi connectivity index (χ1) is 11.8. The molecule has 3 rings (SSSR count). The average molecular weight is 348 g/mol. The number of aryl methyl sites for hydroxylation is 2. The first kappa shape index (κ1) is 16.2. The lowest BCUT2D eigenvalue weighted by atomic mass is 10.3. The Labute approximate surface area is 141 Å². The predicted molar refractivity (Wildman–Crippen MR) is 83.8 cm³/mol. The number of rotatable bonds is 8. The van der Waals surface area contributed by atoms with Gasteiger partial charge in [0.05, 0.1) is 6.42 Å². The van der Waals surface area contributed by atoms with Crippen molar-refractivity contribution in [2.45, 2.75) is 39.3 Å².